The summed E-state index contributed by atoms with van der Waals surface area (Å²) in [5.74, 6) is -0.937. The lowest BCUT2D eigenvalue weighted by Crippen LogP contribution is -2.51. The van der Waals surface area contributed by atoms with Gasteiger partial charge >= 0.3 is 0 Å². The number of nitrogens with two attached hydrogens (primary N) is 2. The molecule has 0 aliphatic heterocycles. The van der Waals surface area contributed by atoms with Crippen LogP contribution in [0, 0.1) is 0 Å². The molecule has 0 aromatic heterocycles. The Kier molecular flexibility index (Phi) is 5.92. The number of nitrogens with one attached hydrogen (secondary N) is 1. The SMILES string of the molecule is NC(=O)[C@H](Cc1ccc(O)cc1)NC(=O)[C@@H](N)Cc1ccccc1. The van der Waals surface area contributed by atoms with Crippen LogP contribution in [0.2, 0.25) is 0 Å². The van der Waals surface area contributed by atoms with E-state index in [1.54, 1.807) is 12.1 Å². The Morgan fingerprint density at radius 3 is 2.12 bits per heavy atom. The van der Waals surface area contributed by atoms with Gasteiger partial charge in [0.2, 0.25) is 11.8 Å². The van der Waals surface area contributed by atoms with Crippen LogP contribution in [0.25, 0.3) is 0 Å². The lowest BCUT2D eigenvalue weighted by Gasteiger charge is -2.19. The van der Waals surface area contributed by atoms with Gasteiger partial charge in [-0.25, -0.2) is 0 Å². The highest BCUT2D eigenvalue weighted by Gasteiger charge is 2.22. The van der Waals surface area contributed by atoms with Crippen LogP contribution in [0.4, 0.5) is 0 Å². The van der Waals surface area contributed by atoms with Crippen molar-refractivity contribution in [3.8, 4) is 5.75 Å². The van der Waals surface area contributed by atoms with E-state index in [0.29, 0.717) is 6.42 Å². The van der Waals surface area contributed by atoms with Gasteiger partial charge in [0.1, 0.15) is 11.8 Å². The van der Waals surface area contributed by atoms with Crippen LogP contribution >= 0.6 is 0 Å². The van der Waals surface area contributed by atoms with E-state index < -0.39 is 23.9 Å². The molecule has 0 radical (unpaired) electrons. The van der Waals surface area contributed by atoms with Crippen LogP contribution < -0.4 is 16.8 Å². The van der Waals surface area contributed by atoms with Crippen molar-refractivity contribution >= 4 is 11.8 Å². The molecule has 2 amide bonds. The zero-order valence-electron chi connectivity index (χ0n) is 13.2. The van der Waals surface area contributed by atoms with Crippen molar-refractivity contribution in [1.82, 2.24) is 5.32 Å². The average Bonchev–Trinajstić information content (AvgIpc) is 2.56. The van der Waals surface area contributed by atoms with Crippen molar-refractivity contribution in [1.29, 1.82) is 0 Å². The van der Waals surface area contributed by atoms with Crippen LogP contribution in [-0.4, -0.2) is 29.0 Å². The molecule has 6 N–H and O–H groups in total. The minimum Gasteiger partial charge on any atom is -0.508 e. The molecule has 2 aromatic carbocycles. The van der Waals surface area contributed by atoms with E-state index >= 15 is 0 Å². The molecule has 0 fully saturated rings. The third kappa shape index (κ3) is 5.10. The standard InChI is InChI=1S/C18H21N3O3/c19-15(10-12-4-2-1-3-5-12)18(24)21-16(17(20)23)11-13-6-8-14(22)9-7-13/h1-9,15-16,22H,10-11,19H2,(H2,20,23)(H,21,24)/t15-,16-/m0/s1. The topological polar surface area (TPSA) is 118 Å². The first-order chi connectivity index (χ1) is 11.5. The number of aromatic hydroxyl groups is 1. The molecule has 6 heteroatoms. The Bertz CT molecular complexity index is 686. The summed E-state index contributed by atoms with van der Waals surface area (Å²) in [6.07, 6.45) is 0.608. The lowest BCUT2D eigenvalue weighted by atomic mass is 10.0. The maximum Gasteiger partial charge on any atom is 0.240 e. The highest BCUT2D eigenvalue weighted by molar-refractivity contribution is 5.89. The molecule has 0 aliphatic rings. The predicted octanol–water partition coefficient (Wildman–Crippen LogP) is 0.475. The number of primary amides is 1. The summed E-state index contributed by atoms with van der Waals surface area (Å²) >= 11 is 0. The third-order valence-corrected chi connectivity index (χ3v) is 3.67. The molecule has 6 nitrogen and oxygen atoms in total. The highest BCUT2D eigenvalue weighted by atomic mass is 16.3. The van der Waals surface area contributed by atoms with Crippen LogP contribution in [0.3, 0.4) is 0 Å². The fourth-order valence-corrected chi connectivity index (χ4v) is 2.33. The van der Waals surface area contributed by atoms with E-state index in [-0.39, 0.29) is 12.2 Å². The van der Waals surface area contributed by atoms with Crippen molar-refractivity contribution in [2.45, 2.75) is 24.9 Å². The number of phenolic OH excluding ortho intramolecular Hbond substituents is 1. The van der Waals surface area contributed by atoms with E-state index in [2.05, 4.69) is 5.32 Å². The van der Waals surface area contributed by atoms with Crippen molar-refractivity contribution < 1.29 is 14.7 Å². The number of hydrogen-bond acceptors (Lipinski definition) is 4. The molecule has 0 saturated carbocycles. The Morgan fingerprint density at radius 2 is 1.54 bits per heavy atom. The second-order valence-electron chi connectivity index (χ2n) is 5.63. The lowest BCUT2D eigenvalue weighted by molar-refractivity contribution is -0.128. The van der Waals surface area contributed by atoms with Gasteiger partial charge in [-0.05, 0) is 29.7 Å². The quantitative estimate of drug-likeness (QED) is 0.591. The first-order valence-electron chi connectivity index (χ1n) is 7.63. The van der Waals surface area contributed by atoms with E-state index in [9.17, 15) is 14.7 Å². The summed E-state index contributed by atoms with van der Waals surface area (Å²) in [6, 6.07) is 14.1. The van der Waals surface area contributed by atoms with Gasteiger partial charge in [-0.2, -0.15) is 0 Å². The number of carbonyl (C=O) groups excluding carboxylic acids is 2. The molecular weight excluding hydrogens is 306 g/mol. The summed E-state index contributed by atoms with van der Waals surface area (Å²) in [5, 5.41) is 11.9. The summed E-state index contributed by atoms with van der Waals surface area (Å²) in [7, 11) is 0. The summed E-state index contributed by atoms with van der Waals surface area (Å²) < 4.78 is 0. The van der Waals surface area contributed by atoms with Crippen LogP contribution in [-0.2, 0) is 22.4 Å². The molecule has 0 bridgehead atoms. The summed E-state index contributed by atoms with van der Waals surface area (Å²) in [5.41, 5.74) is 13.0. The molecule has 2 aromatic rings. The predicted molar refractivity (Wildman–Crippen MR) is 91.1 cm³/mol. The van der Waals surface area contributed by atoms with Gasteiger partial charge in [0.25, 0.3) is 0 Å². The van der Waals surface area contributed by atoms with E-state index in [1.807, 2.05) is 30.3 Å². The van der Waals surface area contributed by atoms with Gasteiger partial charge in [-0.1, -0.05) is 42.5 Å². The summed E-state index contributed by atoms with van der Waals surface area (Å²) in [4.78, 5) is 23.8. The Labute approximate surface area is 140 Å². The van der Waals surface area contributed by atoms with Gasteiger partial charge in [0, 0.05) is 6.42 Å². The largest absolute Gasteiger partial charge is 0.508 e. The average molecular weight is 327 g/mol. The van der Waals surface area contributed by atoms with Crippen LogP contribution in [0.1, 0.15) is 11.1 Å². The van der Waals surface area contributed by atoms with E-state index in [4.69, 9.17) is 11.5 Å². The minimum absolute atomic E-state index is 0.128. The van der Waals surface area contributed by atoms with Gasteiger partial charge < -0.3 is 21.9 Å². The van der Waals surface area contributed by atoms with Gasteiger partial charge in [0.05, 0.1) is 6.04 Å². The number of carbonyl (C=O) groups is 2. The number of amides is 2. The minimum atomic E-state index is -0.858. The molecule has 0 spiro atoms. The zero-order valence-corrected chi connectivity index (χ0v) is 13.2. The van der Waals surface area contributed by atoms with Crippen LogP contribution in [0.5, 0.6) is 5.75 Å². The van der Waals surface area contributed by atoms with Gasteiger partial charge in [-0.15, -0.1) is 0 Å². The second kappa shape index (κ2) is 8.12. The van der Waals surface area contributed by atoms with Crippen molar-refractivity contribution in [2.75, 3.05) is 0 Å². The second-order valence-corrected chi connectivity index (χ2v) is 5.63. The number of rotatable bonds is 7. The molecule has 0 unspecified atom stereocenters. The molecule has 2 rings (SSSR count). The Balaban J connectivity index is 1.97. The van der Waals surface area contributed by atoms with E-state index in [1.165, 1.54) is 12.1 Å². The van der Waals surface area contributed by atoms with Gasteiger partial charge in [0.15, 0.2) is 0 Å². The first kappa shape index (κ1) is 17.5. The molecule has 0 saturated heterocycles. The monoisotopic (exact) mass is 327 g/mol. The summed E-state index contributed by atoms with van der Waals surface area (Å²) in [6.45, 7) is 0. The maximum absolute atomic E-state index is 12.2. The van der Waals surface area contributed by atoms with Crippen molar-refractivity contribution in [3.63, 3.8) is 0 Å². The Morgan fingerprint density at radius 1 is 0.958 bits per heavy atom. The van der Waals surface area contributed by atoms with Gasteiger partial charge in [-0.3, -0.25) is 9.59 Å². The highest BCUT2D eigenvalue weighted by Crippen LogP contribution is 2.11. The first-order valence-corrected chi connectivity index (χ1v) is 7.63. The number of benzene rings is 2. The zero-order chi connectivity index (χ0) is 17.5. The number of hydrogen-bond donors (Lipinski definition) is 4. The molecule has 126 valence electrons. The molecule has 0 aliphatic carbocycles. The smallest absolute Gasteiger partial charge is 0.240 e. The Hall–Kier alpha value is -2.86. The fourth-order valence-electron chi connectivity index (χ4n) is 2.33. The van der Waals surface area contributed by atoms with E-state index in [0.717, 1.165) is 11.1 Å². The van der Waals surface area contributed by atoms with Crippen LogP contribution in [0.15, 0.2) is 54.6 Å². The molecule has 0 heterocycles. The van der Waals surface area contributed by atoms with Crippen molar-refractivity contribution in [2.24, 2.45) is 11.5 Å². The fraction of sp³-hybridized carbons (Fsp3) is 0.222. The molecule has 2 atom stereocenters. The molecular formula is C18H21N3O3. The third-order valence-electron chi connectivity index (χ3n) is 3.67. The maximum atomic E-state index is 12.2. The van der Waals surface area contributed by atoms with Crippen molar-refractivity contribution in [3.05, 3.63) is 65.7 Å². The number of phenols is 1. The normalized spacial score (nSPS) is 13.0. The molecule has 24 heavy (non-hydrogen) atoms.